The molecule has 0 saturated carbocycles. The molecule has 2 rings (SSSR count). The van der Waals surface area contributed by atoms with Crippen molar-refractivity contribution in [2.75, 3.05) is 13.2 Å². The molecule has 25 heavy (non-hydrogen) atoms. The highest BCUT2D eigenvalue weighted by molar-refractivity contribution is 5.81. The minimum atomic E-state index is -0.695. The number of hydrogen-bond donors (Lipinski definition) is 2. The molecule has 6 nitrogen and oxygen atoms in total. The first-order valence-electron chi connectivity index (χ1n) is 8.06. The fourth-order valence-electron chi connectivity index (χ4n) is 2.27. The normalized spacial score (nSPS) is 10.6. The van der Waals surface area contributed by atoms with Gasteiger partial charge in [-0.15, -0.1) is 0 Å². The number of carbonyl (C=O) groups is 1. The van der Waals surface area contributed by atoms with Crippen molar-refractivity contribution in [1.82, 2.24) is 5.43 Å². The summed E-state index contributed by atoms with van der Waals surface area (Å²) >= 11 is 0. The molecule has 0 heterocycles. The van der Waals surface area contributed by atoms with Crippen LogP contribution in [0.25, 0.3) is 0 Å². The quantitative estimate of drug-likeness (QED) is 0.439. The fraction of sp³-hybridized carbons (Fsp3) is 0.263. The largest absolute Gasteiger partial charge is 0.493 e. The topological polar surface area (TPSA) is 85.9 Å². The number of ether oxygens (including phenoxy) is 2. The van der Waals surface area contributed by atoms with Crippen LogP contribution in [0.1, 0.15) is 23.1 Å². The SMILES string of the molecule is Cc1cccc(C)c1OCCCOc1ccc(/C=N\NC(N)=O)cc1. The van der Waals surface area contributed by atoms with E-state index in [4.69, 9.17) is 15.2 Å². The van der Waals surface area contributed by atoms with Crippen LogP contribution in [-0.2, 0) is 0 Å². The Bertz CT molecular complexity index is 707. The monoisotopic (exact) mass is 341 g/mol. The smallest absolute Gasteiger partial charge is 0.332 e. The van der Waals surface area contributed by atoms with Gasteiger partial charge in [-0.25, -0.2) is 10.2 Å². The molecule has 2 amide bonds. The third-order valence-electron chi connectivity index (χ3n) is 3.48. The summed E-state index contributed by atoms with van der Waals surface area (Å²) < 4.78 is 11.5. The summed E-state index contributed by atoms with van der Waals surface area (Å²) in [6.07, 6.45) is 2.30. The van der Waals surface area contributed by atoms with Gasteiger partial charge in [0, 0.05) is 6.42 Å². The van der Waals surface area contributed by atoms with E-state index in [-0.39, 0.29) is 0 Å². The number of carbonyl (C=O) groups excluding carboxylic acids is 1. The van der Waals surface area contributed by atoms with Gasteiger partial charge in [0.2, 0.25) is 0 Å². The van der Waals surface area contributed by atoms with E-state index < -0.39 is 6.03 Å². The molecule has 0 aliphatic rings. The highest BCUT2D eigenvalue weighted by Gasteiger charge is 2.02. The summed E-state index contributed by atoms with van der Waals surface area (Å²) in [6.45, 7) is 5.27. The molecule has 0 bridgehead atoms. The van der Waals surface area contributed by atoms with Crippen LogP contribution in [0.15, 0.2) is 47.6 Å². The summed E-state index contributed by atoms with van der Waals surface area (Å²) in [5.41, 5.74) is 10.2. The van der Waals surface area contributed by atoms with Crippen LogP contribution in [0.4, 0.5) is 4.79 Å². The van der Waals surface area contributed by atoms with Gasteiger partial charge in [0.1, 0.15) is 11.5 Å². The number of rotatable bonds is 8. The maximum absolute atomic E-state index is 10.5. The van der Waals surface area contributed by atoms with Crippen LogP contribution in [0.2, 0.25) is 0 Å². The van der Waals surface area contributed by atoms with Gasteiger partial charge in [-0.2, -0.15) is 5.10 Å². The standard InChI is InChI=1S/C19H23N3O3/c1-14-5-3-6-15(2)18(14)25-12-4-11-24-17-9-7-16(8-10-17)13-21-22-19(20)23/h3,5-10,13H,4,11-12H2,1-2H3,(H3,20,22,23)/b21-13-. The second kappa shape index (κ2) is 9.32. The Labute approximate surface area is 147 Å². The van der Waals surface area contributed by atoms with E-state index in [0.29, 0.717) is 13.2 Å². The van der Waals surface area contributed by atoms with E-state index in [0.717, 1.165) is 34.6 Å². The number of nitrogens with one attached hydrogen (secondary N) is 1. The van der Waals surface area contributed by atoms with Crippen molar-refractivity contribution >= 4 is 12.2 Å². The van der Waals surface area contributed by atoms with Crippen LogP contribution < -0.4 is 20.6 Å². The Kier molecular flexibility index (Phi) is 6.83. The molecule has 0 aliphatic heterocycles. The minimum Gasteiger partial charge on any atom is -0.493 e. The van der Waals surface area contributed by atoms with Crippen molar-refractivity contribution in [2.45, 2.75) is 20.3 Å². The van der Waals surface area contributed by atoms with Gasteiger partial charge in [0.05, 0.1) is 19.4 Å². The molecule has 0 aromatic heterocycles. The number of nitrogens with zero attached hydrogens (tertiary/aromatic N) is 1. The summed E-state index contributed by atoms with van der Waals surface area (Å²) in [5.74, 6) is 1.72. The van der Waals surface area contributed by atoms with Crippen LogP contribution in [0.3, 0.4) is 0 Å². The van der Waals surface area contributed by atoms with E-state index >= 15 is 0 Å². The van der Waals surface area contributed by atoms with Crippen molar-refractivity contribution in [2.24, 2.45) is 10.8 Å². The first-order valence-corrected chi connectivity index (χ1v) is 8.06. The summed E-state index contributed by atoms with van der Waals surface area (Å²) in [4.78, 5) is 10.5. The lowest BCUT2D eigenvalue weighted by Gasteiger charge is -2.12. The molecule has 0 radical (unpaired) electrons. The first kappa shape index (κ1) is 18.3. The number of amides is 2. The molecular formula is C19H23N3O3. The maximum Gasteiger partial charge on any atom is 0.332 e. The Morgan fingerprint density at radius 1 is 1.08 bits per heavy atom. The number of para-hydroxylation sites is 1. The van der Waals surface area contributed by atoms with Gasteiger partial charge in [-0.05, 0) is 54.8 Å². The van der Waals surface area contributed by atoms with Gasteiger partial charge < -0.3 is 15.2 Å². The number of hydrogen-bond acceptors (Lipinski definition) is 4. The molecule has 0 unspecified atom stereocenters. The summed E-state index contributed by atoms with van der Waals surface area (Å²) in [7, 11) is 0. The predicted molar refractivity (Wildman–Crippen MR) is 98.3 cm³/mol. The van der Waals surface area contributed by atoms with Gasteiger partial charge >= 0.3 is 6.03 Å². The zero-order valence-electron chi connectivity index (χ0n) is 14.5. The van der Waals surface area contributed by atoms with E-state index in [1.165, 1.54) is 6.21 Å². The fourth-order valence-corrected chi connectivity index (χ4v) is 2.27. The van der Waals surface area contributed by atoms with Crippen molar-refractivity contribution in [3.05, 3.63) is 59.2 Å². The van der Waals surface area contributed by atoms with Gasteiger partial charge in [-0.1, -0.05) is 18.2 Å². The van der Waals surface area contributed by atoms with E-state index in [9.17, 15) is 4.79 Å². The molecule has 0 fully saturated rings. The van der Waals surface area contributed by atoms with Crippen LogP contribution >= 0.6 is 0 Å². The van der Waals surface area contributed by atoms with Crippen molar-refractivity contribution < 1.29 is 14.3 Å². The van der Waals surface area contributed by atoms with Crippen molar-refractivity contribution in [3.63, 3.8) is 0 Å². The first-order chi connectivity index (χ1) is 12.1. The average molecular weight is 341 g/mol. The third-order valence-corrected chi connectivity index (χ3v) is 3.48. The maximum atomic E-state index is 10.5. The van der Waals surface area contributed by atoms with E-state index in [1.54, 1.807) is 0 Å². The number of nitrogens with two attached hydrogens (primary N) is 1. The Balaban J connectivity index is 1.71. The van der Waals surface area contributed by atoms with Gasteiger partial charge in [0.25, 0.3) is 0 Å². The molecule has 0 spiro atoms. The van der Waals surface area contributed by atoms with Crippen molar-refractivity contribution in [3.8, 4) is 11.5 Å². The van der Waals surface area contributed by atoms with Crippen LogP contribution in [0.5, 0.6) is 11.5 Å². The highest BCUT2D eigenvalue weighted by atomic mass is 16.5. The molecule has 2 aromatic rings. The number of benzene rings is 2. The zero-order chi connectivity index (χ0) is 18.1. The van der Waals surface area contributed by atoms with Crippen molar-refractivity contribution in [1.29, 1.82) is 0 Å². The summed E-state index contributed by atoms with van der Waals surface area (Å²) in [5, 5.41) is 3.69. The summed E-state index contributed by atoms with van der Waals surface area (Å²) in [6, 6.07) is 12.8. The Morgan fingerprint density at radius 3 is 2.36 bits per heavy atom. The lowest BCUT2D eigenvalue weighted by Crippen LogP contribution is -2.24. The lowest BCUT2D eigenvalue weighted by atomic mass is 10.1. The molecule has 132 valence electrons. The minimum absolute atomic E-state index is 0.571. The van der Waals surface area contributed by atoms with E-state index in [1.807, 2.05) is 56.3 Å². The number of primary amides is 1. The number of hydrazone groups is 1. The third kappa shape index (κ3) is 6.18. The molecule has 6 heteroatoms. The number of urea groups is 1. The molecular weight excluding hydrogens is 318 g/mol. The molecule has 3 N–H and O–H groups in total. The second-order valence-corrected chi connectivity index (χ2v) is 5.57. The van der Waals surface area contributed by atoms with Gasteiger partial charge in [0.15, 0.2) is 0 Å². The van der Waals surface area contributed by atoms with Gasteiger partial charge in [-0.3, -0.25) is 0 Å². The molecule has 2 aromatic carbocycles. The average Bonchev–Trinajstić information content (AvgIpc) is 2.58. The Hall–Kier alpha value is -3.02. The second-order valence-electron chi connectivity index (χ2n) is 5.57. The highest BCUT2D eigenvalue weighted by Crippen LogP contribution is 2.22. The van der Waals surface area contributed by atoms with E-state index in [2.05, 4.69) is 10.5 Å². The lowest BCUT2D eigenvalue weighted by molar-refractivity contribution is 0.245. The Morgan fingerprint density at radius 2 is 1.72 bits per heavy atom. The molecule has 0 saturated heterocycles. The van der Waals surface area contributed by atoms with Crippen LogP contribution in [-0.4, -0.2) is 25.5 Å². The van der Waals surface area contributed by atoms with Crippen LogP contribution in [0, 0.1) is 13.8 Å². The number of aryl methyl sites for hydroxylation is 2. The zero-order valence-corrected chi connectivity index (χ0v) is 14.5. The molecule has 0 atom stereocenters. The molecule has 0 aliphatic carbocycles. The predicted octanol–water partition coefficient (Wildman–Crippen LogP) is 3.15.